The minimum absolute atomic E-state index is 0.264. The average Bonchev–Trinajstić information content (AvgIpc) is 2.50. The molecule has 0 aliphatic carbocycles. The van der Waals surface area contributed by atoms with Crippen LogP contribution >= 0.6 is 0 Å². The van der Waals surface area contributed by atoms with Gasteiger partial charge in [-0.2, -0.15) is 0 Å². The summed E-state index contributed by atoms with van der Waals surface area (Å²) in [6.07, 6.45) is 0.429. The van der Waals surface area contributed by atoms with Gasteiger partial charge >= 0.3 is 6.03 Å². The van der Waals surface area contributed by atoms with Crippen LogP contribution in [0.15, 0.2) is 54.6 Å². The molecular formula is C16H17FN2O2. The van der Waals surface area contributed by atoms with Crippen LogP contribution in [-0.2, 0) is 17.9 Å². The number of carbonyl (C=O) groups is 1. The topological polar surface area (TPSA) is 50.4 Å². The SMILES string of the molecule is O=C(NCCc1ccccc1F)NOCc1ccccc1. The number of rotatable bonds is 6. The van der Waals surface area contributed by atoms with Crippen LogP contribution in [0.2, 0.25) is 0 Å². The summed E-state index contributed by atoms with van der Waals surface area (Å²) >= 11 is 0. The molecule has 0 unspecified atom stereocenters. The Labute approximate surface area is 122 Å². The second-order valence-corrected chi connectivity index (χ2v) is 4.47. The molecule has 2 rings (SSSR count). The molecule has 0 aliphatic heterocycles. The molecule has 0 fully saturated rings. The summed E-state index contributed by atoms with van der Waals surface area (Å²) in [7, 11) is 0. The van der Waals surface area contributed by atoms with Crippen LogP contribution in [0, 0.1) is 5.82 Å². The van der Waals surface area contributed by atoms with E-state index in [0.29, 0.717) is 25.1 Å². The van der Waals surface area contributed by atoms with Gasteiger partial charge in [-0.25, -0.2) is 14.7 Å². The number of halogens is 1. The minimum atomic E-state index is -0.442. The molecule has 5 heteroatoms. The molecule has 0 saturated heterocycles. The van der Waals surface area contributed by atoms with Gasteiger partial charge in [0.25, 0.3) is 0 Å². The van der Waals surface area contributed by atoms with Crippen LogP contribution in [0.3, 0.4) is 0 Å². The van der Waals surface area contributed by atoms with Crippen molar-refractivity contribution in [2.75, 3.05) is 6.54 Å². The lowest BCUT2D eigenvalue weighted by atomic mass is 10.1. The van der Waals surface area contributed by atoms with Crippen LogP contribution in [0.4, 0.5) is 9.18 Å². The number of nitrogens with one attached hydrogen (secondary N) is 2. The van der Waals surface area contributed by atoms with E-state index in [9.17, 15) is 9.18 Å². The third-order valence-corrected chi connectivity index (χ3v) is 2.88. The monoisotopic (exact) mass is 288 g/mol. The highest BCUT2D eigenvalue weighted by atomic mass is 19.1. The van der Waals surface area contributed by atoms with Gasteiger partial charge in [-0.1, -0.05) is 48.5 Å². The van der Waals surface area contributed by atoms with E-state index >= 15 is 0 Å². The average molecular weight is 288 g/mol. The Balaban J connectivity index is 1.63. The molecule has 2 amide bonds. The summed E-state index contributed by atoms with van der Waals surface area (Å²) in [6, 6.07) is 15.6. The molecule has 110 valence electrons. The first-order chi connectivity index (χ1) is 10.3. The molecule has 0 atom stereocenters. The predicted octanol–water partition coefficient (Wildman–Crippen LogP) is 2.80. The van der Waals surface area contributed by atoms with Crippen molar-refractivity contribution in [1.82, 2.24) is 10.8 Å². The molecule has 0 spiro atoms. The second-order valence-electron chi connectivity index (χ2n) is 4.47. The molecular weight excluding hydrogens is 271 g/mol. The van der Waals surface area contributed by atoms with Crippen molar-refractivity contribution < 1.29 is 14.0 Å². The van der Waals surface area contributed by atoms with Gasteiger partial charge in [0.05, 0.1) is 6.61 Å². The van der Waals surface area contributed by atoms with Crippen LogP contribution < -0.4 is 10.8 Å². The molecule has 21 heavy (non-hydrogen) atoms. The Morgan fingerprint density at radius 2 is 1.76 bits per heavy atom. The van der Waals surface area contributed by atoms with Gasteiger partial charge in [0.2, 0.25) is 0 Å². The Morgan fingerprint density at radius 1 is 1.05 bits per heavy atom. The van der Waals surface area contributed by atoms with E-state index < -0.39 is 6.03 Å². The highest BCUT2D eigenvalue weighted by Gasteiger charge is 2.03. The molecule has 0 saturated carbocycles. The molecule has 4 nitrogen and oxygen atoms in total. The summed E-state index contributed by atoms with van der Waals surface area (Å²) in [5.41, 5.74) is 3.82. The summed E-state index contributed by atoms with van der Waals surface area (Å²) in [6.45, 7) is 0.628. The van der Waals surface area contributed by atoms with Gasteiger partial charge in [0.1, 0.15) is 5.82 Å². The number of hydrogen-bond donors (Lipinski definition) is 2. The van der Waals surface area contributed by atoms with Gasteiger partial charge in [0, 0.05) is 6.54 Å². The molecule has 2 N–H and O–H groups in total. The van der Waals surface area contributed by atoms with E-state index in [0.717, 1.165) is 5.56 Å². The highest BCUT2D eigenvalue weighted by molar-refractivity contribution is 5.72. The van der Waals surface area contributed by atoms with Crippen molar-refractivity contribution >= 4 is 6.03 Å². The van der Waals surface area contributed by atoms with Crippen molar-refractivity contribution in [3.05, 3.63) is 71.5 Å². The smallest absolute Gasteiger partial charge is 0.336 e. The maximum Gasteiger partial charge on any atom is 0.338 e. The van der Waals surface area contributed by atoms with Gasteiger partial charge in [-0.3, -0.25) is 4.84 Å². The van der Waals surface area contributed by atoms with E-state index in [1.807, 2.05) is 30.3 Å². The van der Waals surface area contributed by atoms with Crippen LogP contribution in [0.1, 0.15) is 11.1 Å². The van der Waals surface area contributed by atoms with Gasteiger partial charge in [0.15, 0.2) is 0 Å². The number of carbonyl (C=O) groups excluding carboxylic acids is 1. The lowest BCUT2D eigenvalue weighted by Gasteiger charge is -2.08. The zero-order valence-corrected chi connectivity index (χ0v) is 11.5. The number of urea groups is 1. The van der Waals surface area contributed by atoms with Crippen LogP contribution in [0.25, 0.3) is 0 Å². The zero-order chi connectivity index (χ0) is 14.9. The number of benzene rings is 2. The summed E-state index contributed by atoms with van der Waals surface area (Å²) in [4.78, 5) is 16.5. The fraction of sp³-hybridized carbons (Fsp3) is 0.188. The number of hydroxylamine groups is 1. The van der Waals surface area contributed by atoms with Crippen molar-refractivity contribution in [3.63, 3.8) is 0 Å². The lowest BCUT2D eigenvalue weighted by molar-refractivity contribution is 0.0491. The number of amides is 2. The Kier molecular flexibility index (Phi) is 5.72. The molecule has 0 radical (unpaired) electrons. The quantitative estimate of drug-likeness (QED) is 0.803. The van der Waals surface area contributed by atoms with Gasteiger partial charge in [-0.15, -0.1) is 0 Å². The molecule has 2 aromatic carbocycles. The van der Waals surface area contributed by atoms with Crippen LogP contribution in [-0.4, -0.2) is 12.6 Å². The lowest BCUT2D eigenvalue weighted by Crippen LogP contribution is -2.36. The van der Waals surface area contributed by atoms with E-state index in [4.69, 9.17) is 4.84 Å². The first-order valence-electron chi connectivity index (χ1n) is 6.68. The van der Waals surface area contributed by atoms with E-state index in [-0.39, 0.29) is 5.82 Å². The summed E-state index contributed by atoms with van der Waals surface area (Å²) in [5.74, 6) is -0.264. The molecule has 0 heterocycles. The van der Waals surface area contributed by atoms with E-state index in [1.54, 1.807) is 18.2 Å². The van der Waals surface area contributed by atoms with E-state index in [2.05, 4.69) is 10.8 Å². The maximum absolute atomic E-state index is 13.4. The third kappa shape index (κ3) is 5.24. The Hall–Kier alpha value is -2.40. The highest BCUT2D eigenvalue weighted by Crippen LogP contribution is 2.06. The van der Waals surface area contributed by atoms with E-state index in [1.165, 1.54) is 6.07 Å². The zero-order valence-electron chi connectivity index (χ0n) is 11.5. The first kappa shape index (κ1) is 15.0. The Morgan fingerprint density at radius 3 is 2.52 bits per heavy atom. The summed E-state index contributed by atoms with van der Waals surface area (Å²) < 4.78 is 13.4. The van der Waals surface area contributed by atoms with Crippen LogP contribution in [0.5, 0.6) is 0 Å². The fourth-order valence-electron chi connectivity index (χ4n) is 1.81. The molecule has 2 aromatic rings. The van der Waals surface area contributed by atoms with Crippen molar-refractivity contribution in [2.45, 2.75) is 13.0 Å². The second kappa shape index (κ2) is 8.01. The van der Waals surface area contributed by atoms with Gasteiger partial charge < -0.3 is 5.32 Å². The Bertz CT molecular complexity index is 575. The van der Waals surface area contributed by atoms with Crippen molar-refractivity contribution in [3.8, 4) is 0 Å². The molecule has 0 aromatic heterocycles. The maximum atomic E-state index is 13.4. The van der Waals surface area contributed by atoms with Gasteiger partial charge in [-0.05, 0) is 23.6 Å². The van der Waals surface area contributed by atoms with Crippen molar-refractivity contribution in [2.24, 2.45) is 0 Å². The number of hydrogen-bond acceptors (Lipinski definition) is 2. The third-order valence-electron chi connectivity index (χ3n) is 2.88. The minimum Gasteiger partial charge on any atom is -0.336 e. The standard InChI is InChI=1S/C16H17FN2O2/c17-15-9-5-4-8-14(15)10-11-18-16(20)19-21-12-13-6-2-1-3-7-13/h1-9H,10-12H2,(H2,18,19,20). The molecule has 0 bridgehead atoms. The first-order valence-corrected chi connectivity index (χ1v) is 6.68. The summed E-state index contributed by atoms with van der Waals surface area (Å²) in [5, 5.41) is 2.60. The molecule has 0 aliphatic rings. The van der Waals surface area contributed by atoms with Crippen molar-refractivity contribution in [1.29, 1.82) is 0 Å². The fourth-order valence-corrected chi connectivity index (χ4v) is 1.81. The normalized spacial score (nSPS) is 10.1. The predicted molar refractivity (Wildman–Crippen MR) is 77.9 cm³/mol. The largest absolute Gasteiger partial charge is 0.338 e.